The molecule has 0 aliphatic carbocycles. The maximum absolute atomic E-state index is 3.70. The van der Waals surface area contributed by atoms with Crippen molar-refractivity contribution in [2.45, 2.75) is 26.8 Å². The van der Waals surface area contributed by atoms with E-state index in [0.29, 0.717) is 6.04 Å². The first-order valence-corrected chi connectivity index (χ1v) is 3.51. The standard InChI is InChI=1S/C7H17N2/c1-5-8-9(6-2)7(3)4/h7-8H,1,5-6H2,2-4H3. The number of rotatable bonds is 4. The molecule has 0 saturated carbocycles. The lowest BCUT2D eigenvalue weighted by molar-refractivity contribution is 0.161. The monoisotopic (exact) mass is 129 g/mol. The van der Waals surface area contributed by atoms with Gasteiger partial charge in [0.25, 0.3) is 0 Å². The van der Waals surface area contributed by atoms with E-state index in [1.807, 2.05) is 0 Å². The Morgan fingerprint density at radius 1 is 1.56 bits per heavy atom. The van der Waals surface area contributed by atoms with Crippen molar-refractivity contribution in [3.05, 3.63) is 6.92 Å². The molecule has 9 heavy (non-hydrogen) atoms. The molecule has 0 aliphatic rings. The molecule has 1 radical (unpaired) electrons. The normalized spacial score (nSPS) is 11.3. The van der Waals surface area contributed by atoms with Crippen LogP contribution in [0.5, 0.6) is 0 Å². The summed E-state index contributed by atoms with van der Waals surface area (Å²) in [4.78, 5) is 0. The molecule has 0 rings (SSSR count). The largest absolute Gasteiger partial charge is 0.255 e. The molecule has 0 fully saturated rings. The third kappa shape index (κ3) is 3.49. The number of hydrogen-bond acceptors (Lipinski definition) is 2. The Bertz CT molecular complexity index is 61.9. The first kappa shape index (κ1) is 8.92. The van der Waals surface area contributed by atoms with Gasteiger partial charge in [-0.15, -0.1) is 0 Å². The molecule has 0 aromatic carbocycles. The summed E-state index contributed by atoms with van der Waals surface area (Å²) in [5, 5.41) is 2.16. The van der Waals surface area contributed by atoms with Gasteiger partial charge in [0.15, 0.2) is 0 Å². The molecule has 0 heterocycles. The van der Waals surface area contributed by atoms with E-state index in [9.17, 15) is 0 Å². The van der Waals surface area contributed by atoms with Crippen LogP contribution >= 0.6 is 0 Å². The van der Waals surface area contributed by atoms with E-state index in [2.05, 4.69) is 38.1 Å². The van der Waals surface area contributed by atoms with Gasteiger partial charge in [-0.25, -0.2) is 5.01 Å². The SMILES string of the molecule is [CH2]CNN(CC)C(C)C. The smallest absolute Gasteiger partial charge is 0.0186 e. The van der Waals surface area contributed by atoms with Crippen molar-refractivity contribution >= 4 is 0 Å². The minimum atomic E-state index is 0.566. The van der Waals surface area contributed by atoms with E-state index in [0.717, 1.165) is 13.1 Å². The Balaban J connectivity index is 3.41. The van der Waals surface area contributed by atoms with E-state index < -0.39 is 0 Å². The lowest BCUT2D eigenvalue weighted by atomic mass is 10.4. The van der Waals surface area contributed by atoms with E-state index in [1.54, 1.807) is 0 Å². The van der Waals surface area contributed by atoms with Crippen molar-refractivity contribution in [1.82, 2.24) is 10.4 Å². The molecule has 0 bridgehead atoms. The predicted octanol–water partition coefficient (Wildman–Crippen LogP) is 1.06. The van der Waals surface area contributed by atoms with Crippen molar-refractivity contribution in [3.63, 3.8) is 0 Å². The molecule has 0 amide bonds. The third-order valence-electron chi connectivity index (χ3n) is 1.28. The fourth-order valence-electron chi connectivity index (χ4n) is 0.803. The highest BCUT2D eigenvalue weighted by atomic mass is 15.5. The predicted molar refractivity (Wildman–Crippen MR) is 40.9 cm³/mol. The molecule has 0 aromatic heterocycles. The molecule has 1 N–H and O–H groups in total. The van der Waals surface area contributed by atoms with Gasteiger partial charge in [-0.2, -0.15) is 0 Å². The Labute approximate surface area is 58.2 Å². The average Bonchev–Trinajstić information content (AvgIpc) is 1.82. The molecule has 0 aliphatic heterocycles. The second kappa shape index (κ2) is 4.77. The summed E-state index contributed by atoms with van der Waals surface area (Å²) in [5.74, 6) is 0. The van der Waals surface area contributed by atoms with Crippen molar-refractivity contribution in [1.29, 1.82) is 0 Å². The summed E-state index contributed by atoms with van der Waals surface area (Å²) in [6.45, 7) is 12.0. The molecular weight excluding hydrogens is 112 g/mol. The second-order valence-corrected chi connectivity index (χ2v) is 2.29. The maximum atomic E-state index is 3.70. The fraction of sp³-hybridized carbons (Fsp3) is 0.857. The van der Waals surface area contributed by atoms with E-state index in [1.165, 1.54) is 0 Å². The van der Waals surface area contributed by atoms with Crippen LogP contribution in [0.1, 0.15) is 20.8 Å². The molecular formula is C7H17N2. The highest BCUT2D eigenvalue weighted by molar-refractivity contribution is 4.55. The van der Waals surface area contributed by atoms with Crippen LogP contribution in [0.15, 0.2) is 0 Å². The Morgan fingerprint density at radius 2 is 2.11 bits per heavy atom. The molecule has 2 heteroatoms. The highest BCUT2D eigenvalue weighted by Gasteiger charge is 2.02. The first-order chi connectivity index (χ1) is 4.22. The molecule has 0 spiro atoms. The van der Waals surface area contributed by atoms with Gasteiger partial charge in [0, 0.05) is 19.1 Å². The van der Waals surface area contributed by atoms with Crippen molar-refractivity contribution in [3.8, 4) is 0 Å². The van der Waals surface area contributed by atoms with E-state index >= 15 is 0 Å². The van der Waals surface area contributed by atoms with Gasteiger partial charge in [0.2, 0.25) is 0 Å². The molecule has 0 atom stereocenters. The van der Waals surface area contributed by atoms with Crippen molar-refractivity contribution < 1.29 is 0 Å². The summed E-state index contributed by atoms with van der Waals surface area (Å²) < 4.78 is 0. The van der Waals surface area contributed by atoms with Gasteiger partial charge in [-0.3, -0.25) is 5.43 Å². The lowest BCUT2D eigenvalue weighted by Gasteiger charge is -2.24. The summed E-state index contributed by atoms with van der Waals surface area (Å²) in [5.41, 5.74) is 3.15. The van der Waals surface area contributed by atoms with Crippen LogP contribution < -0.4 is 5.43 Å². The molecule has 2 nitrogen and oxygen atoms in total. The minimum Gasteiger partial charge on any atom is -0.255 e. The molecule has 0 saturated heterocycles. The van der Waals surface area contributed by atoms with Gasteiger partial charge in [0.05, 0.1) is 0 Å². The van der Waals surface area contributed by atoms with Crippen LogP contribution in [-0.2, 0) is 0 Å². The molecule has 55 valence electrons. The van der Waals surface area contributed by atoms with Crippen LogP contribution in [0.4, 0.5) is 0 Å². The van der Waals surface area contributed by atoms with Gasteiger partial charge >= 0.3 is 0 Å². The Hall–Kier alpha value is -0.0800. The number of hydrazine groups is 1. The lowest BCUT2D eigenvalue weighted by Crippen LogP contribution is -2.42. The average molecular weight is 129 g/mol. The molecule has 0 unspecified atom stereocenters. The zero-order valence-corrected chi connectivity index (χ0v) is 6.65. The fourth-order valence-corrected chi connectivity index (χ4v) is 0.803. The number of hydrogen-bond donors (Lipinski definition) is 1. The van der Waals surface area contributed by atoms with Crippen LogP contribution in [-0.4, -0.2) is 24.1 Å². The van der Waals surface area contributed by atoms with Gasteiger partial charge in [-0.05, 0) is 20.8 Å². The summed E-state index contributed by atoms with van der Waals surface area (Å²) in [6, 6.07) is 0.566. The van der Waals surface area contributed by atoms with Crippen LogP contribution in [0.25, 0.3) is 0 Å². The Morgan fingerprint density at radius 3 is 2.22 bits per heavy atom. The van der Waals surface area contributed by atoms with Gasteiger partial charge < -0.3 is 0 Å². The van der Waals surface area contributed by atoms with Gasteiger partial charge in [-0.1, -0.05) is 6.92 Å². The molecule has 0 aromatic rings. The highest BCUT2D eigenvalue weighted by Crippen LogP contribution is 1.90. The zero-order chi connectivity index (χ0) is 7.28. The van der Waals surface area contributed by atoms with Crippen molar-refractivity contribution in [2.24, 2.45) is 0 Å². The van der Waals surface area contributed by atoms with Crippen LogP contribution in [0, 0.1) is 6.92 Å². The summed E-state index contributed by atoms with van der Waals surface area (Å²) in [6.07, 6.45) is 0. The maximum Gasteiger partial charge on any atom is 0.0186 e. The Kier molecular flexibility index (Phi) is 4.72. The van der Waals surface area contributed by atoms with Crippen molar-refractivity contribution in [2.75, 3.05) is 13.1 Å². The summed E-state index contributed by atoms with van der Waals surface area (Å²) in [7, 11) is 0. The minimum absolute atomic E-state index is 0.566. The second-order valence-electron chi connectivity index (χ2n) is 2.29. The summed E-state index contributed by atoms with van der Waals surface area (Å²) >= 11 is 0. The quantitative estimate of drug-likeness (QED) is 0.571. The van der Waals surface area contributed by atoms with E-state index in [4.69, 9.17) is 0 Å². The van der Waals surface area contributed by atoms with Crippen LogP contribution in [0.3, 0.4) is 0 Å². The first-order valence-electron chi connectivity index (χ1n) is 3.51. The topological polar surface area (TPSA) is 15.3 Å². The van der Waals surface area contributed by atoms with Crippen LogP contribution in [0.2, 0.25) is 0 Å². The third-order valence-corrected chi connectivity index (χ3v) is 1.28. The van der Waals surface area contributed by atoms with Gasteiger partial charge in [0.1, 0.15) is 0 Å². The zero-order valence-electron chi connectivity index (χ0n) is 6.65. The number of nitrogens with zero attached hydrogens (tertiary/aromatic N) is 1. The number of nitrogens with one attached hydrogen (secondary N) is 1. The van der Waals surface area contributed by atoms with E-state index in [-0.39, 0.29) is 0 Å².